The lowest BCUT2D eigenvalue weighted by molar-refractivity contribution is -0.139. The number of rotatable bonds is 9. The van der Waals surface area contributed by atoms with Crippen molar-refractivity contribution < 1.29 is 38.9 Å². The maximum absolute atomic E-state index is 13.5. The molecule has 242 valence electrons. The third-order valence-electron chi connectivity index (χ3n) is 8.41. The molecular formula is C34H37N3O8S. The van der Waals surface area contributed by atoms with Crippen LogP contribution in [0.15, 0.2) is 78.9 Å². The quantitative estimate of drug-likeness (QED) is 0.191. The highest BCUT2D eigenvalue weighted by Crippen LogP contribution is 2.33. The minimum atomic E-state index is -0.849. The van der Waals surface area contributed by atoms with E-state index in [0.717, 1.165) is 49.4 Å². The van der Waals surface area contributed by atoms with E-state index in [1.54, 1.807) is 42.5 Å². The summed E-state index contributed by atoms with van der Waals surface area (Å²) >= 11 is 1.41. The number of carboxylic acids is 1. The molecule has 0 aliphatic carbocycles. The lowest BCUT2D eigenvalue weighted by Crippen LogP contribution is -2.58. The van der Waals surface area contributed by atoms with Gasteiger partial charge in [0.2, 0.25) is 0 Å². The number of carboxylic acid groups (broad SMARTS) is 2. The Balaban J connectivity index is 0.00000134. The summed E-state index contributed by atoms with van der Waals surface area (Å²) in [7, 11) is 0. The fraction of sp³-hybridized carbons (Fsp3) is 0.353. The van der Waals surface area contributed by atoms with Crippen LogP contribution in [0, 0.1) is 5.92 Å². The minimum absolute atomic E-state index is 0.0439. The van der Waals surface area contributed by atoms with Gasteiger partial charge in [-0.05, 0) is 79.4 Å². The molecule has 4 fully saturated rings. The Morgan fingerprint density at radius 3 is 2.28 bits per heavy atom. The van der Waals surface area contributed by atoms with Crippen molar-refractivity contribution >= 4 is 36.3 Å². The highest BCUT2D eigenvalue weighted by atomic mass is 32.2. The number of piperidine rings is 3. The van der Waals surface area contributed by atoms with Gasteiger partial charge in [0.15, 0.2) is 5.37 Å². The Hall–Kier alpha value is -4.39. The van der Waals surface area contributed by atoms with E-state index in [-0.39, 0.29) is 18.6 Å². The fourth-order valence-corrected chi connectivity index (χ4v) is 7.34. The summed E-state index contributed by atoms with van der Waals surface area (Å²) in [5.41, 5.74) is 2.08. The first kappa shape index (κ1) is 33.0. The Labute approximate surface area is 271 Å². The first-order chi connectivity index (χ1) is 22.3. The van der Waals surface area contributed by atoms with E-state index in [1.807, 2.05) is 46.2 Å². The van der Waals surface area contributed by atoms with E-state index in [1.165, 1.54) is 11.8 Å². The minimum Gasteiger partial charge on any atom is -0.483 e. The Bertz CT molecular complexity index is 1510. The zero-order valence-corrected chi connectivity index (χ0v) is 26.1. The van der Waals surface area contributed by atoms with E-state index in [0.29, 0.717) is 42.6 Å². The van der Waals surface area contributed by atoms with E-state index in [9.17, 15) is 19.5 Å². The van der Waals surface area contributed by atoms with Gasteiger partial charge in [0.05, 0.1) is 11.6 Å². The summed E-state index contributed by atoms with van der Waals surface area (Å²) in [5, 5.41) is 15.8. The standard InChI is InChI=1S/C33H35N3O6S.CH2O2/c37-31(38)30-35(16-17-43-30)20-23-6-4-8-26(18-23)32(39)41-28-11-5-7-24(19-28)21-36(29-22-34-14-12-25(29)13-15-34)33(40)42-27-9-2-1-3-10-27;2-1-3/h1-11,18-19,25,29-30H,12-17,20-22H2,(H,37,38);1H,(H,2,3)/t29-,30-;/m0./s1. The lowest BCUT2D eigenvalue weighted by Gasteiger charge is -2.48. The van der Waals surface area contributed by atoms with Crippen LogP contribution >= 0.6 is 11.8 Å². The Morgan fingerprint density at radius 1 is 0.891 bits per heavy atom. The summed E-state index contributed by atoms with van der Waals surface area (Å²) in [6, 6.07) is 23.5. The van der Waals surface area contributed by atoms with Crippen LogP contribution in [0.25, 0.3) is 0 Å². The molecule has 2 N–H and O–H groups in total. The molecule has 4 aliphatic rings. The number of para-hydroxylation sites is 1. The van der Waals surface area contributed by atoms with Gasteiger partial charge in [0, 0.05) is 31.9 Å². The van der Waals surface area contributed by atoms with Crippen LogP contribution in [-0.4, -0.2) is 92.8 Å². The van der Waals surface area contributed by atoms with Crippen molar-refractivity contribution in [1.29, 1.82) is 0 Å². The normalized spacial score (nSPS) is 21.8. The van der Waals surface area contributed by atoms with Crippen LogP contribution in [0.4, 0.5) is 4.79 Å². The number of ether oxygens (including phenoxy) is 2. The van der Waals surface area contributed by atoms with Gasteiger partial charge >= 0.3 is 18.0 Å². The van der Waals surface area contributed by atoms with Gasteiger partial charge in [0.1, 0.15) is 11.5 Å². The van der Waals surface area contributed by atoms with Crippen LogP contribution in [0.5, 0.6) is 11.5 Å². The molecule has 46 heavy (non-hydrogen) atoms. The zero-order valence-electron chi connectivity index (χ0n) is 25.3. The molecule has 4 saturated heterocycles. The van der Waals surface area contributed by atoms with E-state index in [2.05, 4.69) is 4.90 Å². The zero-order chi connectivity index (χ0) is 32.5. The predicted octanol–water partition coefficient (Wildman–Crippen LogP) is 4.66. The second-order valence-corrected chi connectivity index (χ2v) is 12.6. The number of esters is 1. The molecule has 4 aliphatic heterocycles. The van der Waals surface area contributed by atoms with E-state index >= 15 is 0 Å². The second kappa shape index (κ2) is 15.7. The molecule has 7 rings (SSSR count). The molecule has 3 aromatic rings. The third-order valence-corrected chi connectivity index (χ3v) is 9.65. The van der Waals surface area contributed by atoms with Crippen molar-refractivity contribution in [3.8, 4) is 11.5 Å². The van der Waals surface area contributed by atoms with Crippen molar-refractivity contribution in [3.05, 3.63) is 95.6 Å². The number of carbonyl (C=O) groups excluding carboxylic acids is 2. The fourth-order valence-electron chi connectivity index (χ4n) is 6.25. The van der Waals surface area contributed by atoms with Gasteiger partial charge < -0.3 is 24.6 Å². The summed E-state index contributed by atoms with van der Waals surface area (Å²) in [5.74, 6) is 0.730. The van der Waals surface area contributed by atoms with Crippen molar-refractivity contribution in [2.75, 3.05) is 31.9 Å². The van der Waals surface area contributed by atoms with Crippen LogP contribution in [-0.2, 0) is 22.7 Å². The summed E-state index contributed by atoms with van der Waals surface area (Å²) in [4.78, 5) is 52.7. The monoisotopic (exact) mass is 647 g/mol. The highest BCUT2D eigenvalue weighted by molar-refractivity contribution is 8.00. The molecule has 0 saturated carbocycles. The summed E-state index contributed by atoms with van der Waals surface area (Å²) in [6.07, 6.45) is 1.74. The molecule has 4 heterocycles. The van der Waals surface area contributed by atoms with Gasteiger partial charge in [-0.15, -0.1) is 11.8 Å². The van der Waals surface area contributed by atoms with Gasteiger partial charge in [0.25, 0.3) is 6.47 Å². The second-order valence-electron chi connectivity index (χ2n) is 11.4. The predicted molar refractivity (Wildman–Crippen MR) is 172 cm³/mol. The first-order valence-corrected chi connectivity index (χ1v) is 16.2. The number of aliphatic carboxylic acids is 1. The van der Waals surface area contributed by atoms with Gasteiger partial charge in [-0.25, -0.2) is 14.4 Å². The maximum Gasteiger partial charge on any atom is 0.415 e. The van der Waals surface area contributed by atoms with E-state index in [4.69, 9.17) is 19.4 Å². The van der Waals surface area contributed by atoms with Gasteiger partial charge in [-0.1, -0.05) is 42.5 Å². The molecule has 12 heteroatoms. The number of benzene rings is 3. The van der Waals surface area contributed by atoms with Gasteiger partial charge in [-0.3, -0.25) is 14.6 Å². The summed E-state index contributed by atoms with van der Waals surface area (Å²) < 4.78 is 11.6. The van der Waals surface area contributed by atoms with Crippen molar-refractivity contribution in [2.24, 2.45) is 5.92 Å². The van der Waals surface area contributed by atoms with Crippen LogP contribution < -0.4 is 9.47 Å². The van der Waals surface area contributed by atoms with E-state index < -0.39 is 17.3 Å². The number of hydrogen-bond donors (Lipinski definition) is 2. The largest absolute Gasteiger partial charge is 0.483 e. The molecule has 2 atom stereocenters. The molecule has 2 bridgehead atoms. The molecule has 0 aromatic heterocycles. The molecular weight excluding hydrogens is 610 g/mol. The topological polar surface area (TPSA) is 137 Å². The SMILES string of the molecule is O=C(Oc1cccc(CN(C(=O)Oc2ccccc2)[C@H]2CN3CCC2CC3)c1)c1cccc(CN2CCS[C@H]2C(=O)O)c1.O=CO. The number of fused-ring (bicyclic) bond motifs is 3. The average molecular weight is 648 g/mol. The van der Waals surface area contributed by atoms with Crippen molar-refractivity contribution in [3.63, 3.8) is 0 Å². The Kier molecular flexibility index (Phi) is 11.3. The molecule has 0 unspecified atom stereocenters. The van der Waals surface area contributed by atoms with Crippen LogP contribution in [0.3, 0.4) is 0 Å². The molecule has 1 amide bonds. The average Bonchev–Trinajstić information content (AvgIpc) is 3.54. The molecule has 0 spiro atoms. The smallest absolute Gasteiger partial charge is 0.415 e. The molecule has 0 radical (unpaired) electrons. The lowest BCUT2D eigenvalue weighted by atomic mass is 9.83. The number of hydrogen-bond acceptors (Lipinski definition) is 9. The van der Waals surface area contributed by atoms with Crippen molar-refractivity contribution in [2.45, 2.75) is 37.3 Å². The molecule has 11 nitrogen and oxygen atoms in total. The van der Waals surface area contributed by atoms with Crippen LogP contribution in [0.2, 0.25) is 0 Å². The maximum atomic E-state index is 13.5. The van der Waals surface area contributed by atoms with Gasteiger partial charge in [-0.2, -0.15) is 0 Å². The molecule has 3 aromatic carbocycles. The summed E-state index contributed by atoms with van der Waals surface area (Å²) in [6.45, 7) is 4.15. The number of thioether (sulfide) groups is 1. The van der Waals surface area contributed by atoms with Crippen molar-refractivity contribution in [1.82, 2.24) is 14.7 Å². The Morgan fingerprint density at radius 2 is 1.59 bits per heavy atom. The number of amides is 1. The van der Waals surface area contributed by atoms with Crippen LogP contribution in [0.1, 0.15) is 34.3 Å². The third kappa shape index (κ3) is 8.45. The highest BCUT2D eigenvalue weighted by Gasteiger charge is 2.40. The first-order valence-electron chi connectivity index (χ1n) is 15.2. The number of carbonyl (C=O) groups is 4. The number of nitrogens with zero attached hydrogens (tertiary/aromatic N) is 3.